The fraction of sp³-hybridized carbons (Fsp3) is 0.474. The first-order chi connectivity index (χ1) is 14.3. The molecule has 1 aliphatic rings. The van der Waals surface area contributed by atoms with Crippen molar-refractivity contribution in [1.29, 1.82) is 0 Å². The highest BCUT2D eigenvalue weighted by molar-refractivity contribution is 14.0. The van der Waals surface area contributed by atoms with E-state index in [0.717, 1.165) is 35.7 Å². The highest BCUT2D eigenvalue weighted by atomic mass is 127. The van der Waals surface area contributed by atoms with Crippen LogP contribution >= 0.6 is 35.3 Å². The highest BCUT2D eigenvalue weighted by Crippen LogP contribution is 2.30. The molecule has 2 N–H and O–H groups in total. The van der Waals surface area contributed by atoms with Gasteiger partial charge in [-0.25, -0.2) is 13.8 Å². The molecule has 0 bridgehead atoms. The first-order valence-corrected chi connectivity index (χ1v) is 10.3. The Hall–Kier alpha value is -1.70. The molecule has 0 aliphatic carbocycles. The maximum absolute atomic E-state index is 13.4. The van der Waals surface area contributed by atoms with Crippen molar-refractivity contribution in [2.45, 2.75) is 19.0 Å². The third-order valence-corrected chi connectivity index (χ3v) is 5.72. The van der Waals surface area contributed by atoms with Gasteiger partial charge in [0.05, 0.1) is 5.01 Å². The molecule has 1 aromatic heterocycles. The molecule has 5 nitrogen and oxygen atoms in total. The van der Waals surface area contributed by atoms with E-state index in [1.165, 1.54) is 6.07 Å². The lowest BCUT2D eigenvalue weighted by molar-refractivity contribution is -0.140. The standard InChI is InChI=1S/C19H22F5N5S.HI/c1-25-18(26-6-4-17-28-16(11-30-17)19(22,23)24)27-9-12-5-7-29(10-12)13-2-3-14(20)15(21)8-13;/h2-3,8,11-12H,4-7,9-10H2,1H3,(H2,25,26,27);1H. The summed E-state index contributed by atoms with van der Waals surface area (Å²) in [7, 11) is 1.61. The number of thiazole rings is 1. The zero-order chi connectivity index (χ0) is 21.7. The lowest BCUT2D eigenvalue weighted by Crippen LogP contribution is -2.41. The number of rotatable bonds is 6. The number of anilines is 1. The van der Waals surface area contributed by atoms with E-state index >= 15 is 0 Å². The van der Waals surface area contributed by atoms with Crippen molar-refractivity contribution in [2.24, 2.45) is 10.9 Å². The number of aromatic nitrogens is 1. The molecular formula is C19H23F5IN5S. The normalized spacial score (nSPS) is 16.9. The molecule has 12 heteroatoms. The smallest absolute Gasteiger partial charge is 0.371 e. The zero-order valence-corrected chi connectivity index (χ0v) is 19.8. The van der Waals surface area contributed by atoms with E-state index in [2.05, 4.69) is 20.6 Å². The molecule has 1 saturated heterocycles. The van der Waals surface area contributed by atoms with Crippen LogP contribution in [-0.4, -0.2) is 44.2 Å². The molecule has 1 fully saturated rings. The minimum Gasteiger partial charge on any atom is -0.371 e. The molecule has 0 amide bonds. The molecule has 1 atom stereocenters. The van der Waals surface area contributed by atoms with Crippen LogP contribution in [0.5, 0.6) is 0 Å². The van der Waals surface area contributed by atoms with Crippen LogP contribution in [0.25, 0.3) is 0 Å². The average molecular weight is 575 g/mol. The number of guanidine groups is 1. The van der Waals surface area contributed by atoms with E-state index in [0.29, 0.717) is 48.6 Å². The second-order valence-corrected chi connectivity index (χ2v) is 7.90. The molecule has 172 valence electrons. The molecule has 1 aromatic carbocycles. The van der Waals surface area contributed by atoms with Crippen LogP contribution in [-0.2, 0) is 12.6 Å². The van der Waals surface area contributed by atoms with E-state index in [4.69, 9.17) is 0 Å². The third-order valence-electron chi connectivity index (χ3n) is 4.81. The Morgan fingerprint density at radius 1 is 1.26 bits per heavy atom. The molecule has 0 spiro atoms. The predicted molar refractivity (Wildman–Crippen MR) is 122 cm³/mol. The Morgan fingerprint density at radius 2 is 2.03 bits per heavy atom. The summed E-state index contributed by atoms with van der Waals surface area (Å²) in [6, 6.07) is 3.90. The Bertz CT molecular complexity index is 889. The monoisotopic (exact) mass is 575 g/mol. The first-order valence-electron chi connectivity index (χ1n) is 9.42. The molecule has 31 heavy (non-hydrogen) atoms. The van der Waals surface area contributed by atoms with Crippen molar-refractivity contribution in [3.8, 4) is 0 Å². The number of halogens is 6. The van der Waals surface area contributed by atoms with Crippen LogP contribution in [0.3, 0.4) is 0 Å². The predicted octanol–water partition coefficient (Wildman–Crippen LogP) is 4.29. The van der Waals surface area contributed by atoms with Crippen molar-refractivity contribution in [3.63, 3.8) is 0 Å². The number of hydrogen-bond acceptors (Lipinski definition) is 4. The van der Waals surface area contributed by atoms with Crippen LogP contribution in [0.2, 0.25) is 0 Å². The third kappa shape index (κ3) is 7.16. The van der Waals surface area contributed by atoms with Crippen molar-refractivity contribution >= 4 is 47.0 Å². The molecule has 2 aromatic rings. The zero-order valence-electron chi connectivity index (χ0n) is 16.7. The van der Waals surface area contributed by atoms with E-state index in [1.807, 2.05) is 4.90 Å². The van der Waals surface area contributed by atoms with Gasteiger partial charge in [0.1, 0.15) is 0 Å². The fourth-order valence-corrected chi connectivity index (χ4v) is 4.03. The van der Waals surface area contributed by atoms with E-state index in [1.54, 1.807) is 13.1 Å². The Kier molecular flexibility index (Phi) is 9.28. The summed E-state index contributed by atoms with van der Waals surface area (Å²) >= 11 is 0.982. The number of aliphatic imine (C=N–C) groups is 1. The van der Waals surface area contributed by atoms with Gasteiger partial charge in [-0.1, -0.05) is 0 Å². The number of alkyl halides is 3. The van der Waals surface area contributed by atoms with Gasteiger partial charge in [-0.2, -0.15) is 13.2 Å². The largest absolute Gasteiger partial charge is 0.434 e. The van der Waals surface area contributed by atoms with Gasteiger partial charge < -0.3 is 15.5 Å². The number of nitrogens with zero attached hydrogens (tertiary/aromatic N) is 3. The van der Waals surface area contributed by atoms with E-state index in [-0.39, 0.29) is 24.0 Å². The summed E-state index contributed by atoms with van der Waals surface area (Å²) in [6.45, 7) is 2.48. The van der Waals surface area contributed by atoms with E-state index < -0.39 is 23.5 Å². The van der Waals surface area contributed by atoms with Crippen molar-refractivity contribution in [2.75, 3.05) is 38.1 Å². The number of nitrogens with one attached hydrogen (secondary N) is 2. The van der Waals surface area contributed by atoms with Crippen molar-refractivity contribution in [1.82, 2.24) is 15.6 Å². The SMILES string of the molecule is CN=C(NCCc1nc(C(F)(F)F)cs1)NCC1CCN(c2ccc(F)c(F)c2)C1.I. The second-order valence-electron chi connectivity index (χ2n) is 6.95. The lowest BCUT2D eigenvalue weighted by Gasteiger charge is -2.19. The van der Waals surface area contributed by atoms with Gasteiger partial charge in [0.15, 0.2) is 23.3 Å². The van der Waals surface area contributed by atoms with Gasteiger partial charge in [-0.15, -0.1) is 35.3 Å². The summed E-state index contributed by atoms with van der Waals surface area (Å²) in [5, 5.41) is 7.69. The molecule has 2 heterocycles. The summed E-state index contributed by atoms with van der Waals surface area (Å²) in [5.41, 5.74) is -0.211. The summed E-state index contributed by atoms with van der Waals surface area (Å²) < 4.78 is 64.3. The highest BCUT2D eigenvalue weighted by Gasteiger charge is 2.33. The number of benzene rings is 1. The minimum absolute atomic E-state index is 0. The molecule has 1 aliphatic heterocycles. The maximum Gasteiger partial charge on any atom is 0.434 e. The Balaban J connectivity index is 0.00000341. The van der Waals surface area contributed by atoms with Gasteiger partial charge in [0, 0.05) is 56.8 Å². The molecule has 1 unspecified atom stereocenters. The van der Waals surface area contributed by atoms with Gasteiger partial charge in [-0.3, -0.25) is 4.99 Å². The van der Waals surface area contributed by atoms with Crippen LogP contribution in [0.4, 0.5) is 27.6 Å². The van der Waals surface area contributed by atoms with Gasteiger partial charge in [0.2, 0.25) is 0 Å². The summed E-state index contributed by atoms with van der Waals surface area (Å²) in [6.07, 6.45) is -3.17. The van der Waals surface area contributed by atoms with Crippen molar-refractivity contribution in [3.05, 3.63) is 45.9 Å². The maximum atomic E-state index is 13.4. The minimum atomic E-state index is -4.42. The average Bonchev–Trinajstić information content (AvgIpc) is 3.36. The van der Waals surface area contributed by atoms with Crippen LogP contribution < -0.4 is 15.5 Å². The van der Waals surface area contributed by atoms with Crippen LogP contribution in [0.15, 0.2) is 28.6 Å². The summed E-state index contributed by atoms with van der Waals surface area (Å²) in [5.74, 6) is -0.876. The van der Waals surface area contributed by atoms with Crippen molar-refractivity contribution < 1.29 is 22.0 Å². The Morgan fingerprint density at radius 3 is 2.68 bits per heavy atom. The molecule has 0 radical (unpaired) electrons. The first kappa shape index (κ1) is 25.6. The van der Waals surface area contributed by atoms with Gasteiger partial charge in [0.25, 0.3) is 0 Å². The molecule has 0 saturated carbocycles. The molecular weight excluding hydrogens is 552 g/mol. The number of hydrogen-bond donors (Lipinski definition) is 2. The fourth-order valence-electron chi connectivity index (χ4n) is 3.22. The van der Waals surface area contributed by atoms with E-state index in [9.17, 15) is 22.0 Å². The van der Waals surface area contributed by atoms with Gasteiger partial charge >= 0.3 is 6.18 Å². The van der Waals surface area contributed by atoms with Gasteiger partial charge in [-0.05, 0) is 24.5 Å². The second kappa shape index (κ2) is 11.2. The Labute approximate surface area is 198 Å². The van der Waals surface area contributed by atoms with Crippen LogP contribution in [0, 0.1) is 17.6 Å². The summed E-state index contributed by atoms with van der Waals surface area (Å²) in [4.78, 5) is 9.72. The van der Waals surface area contributed by atoms with Crippen LogP contribution in [0.1, 0.15) is 17.1 Å². The lowest BCUT2D eigenvalue weighted by atomic mass is 10.1. The molecule has 3 rings (SSSR count). The quantitative estimate of drug-likeness (QED) is 0.234. The topological polar surface area (TPSA) is 52.6 Å².